The number of benzene rings is 1. The fourth-order valence-corrected chi connectivity index (χ4v) is 4.02. The van der Waals surface area contributed by atoms with E-state index in [-0.39, 0.29) is 5.91 Å². The molecule has 1 aromatic carbocycles. The first-order valence-electron chi connectivity index (χ1n) is 9.90. The number of rotatable bonds is 4. The number of nitrogens with one attached hydrogen (secondary N) is 1. The van der Waals surface area contributed by atoms with Crippen LogP contribution in [0.4, 0.5) is 17.2 Å². The second-order valence-corrected chi connectivity index (χ2v) is 7.71. The van der Waals surface area contributed by atoms with Crippen LogP contribution in [-0.2, 0) is 0 Å². The smallest absolute Gasteiger partial charge is 0.289 e. The Morgan fingerprint density at radius 2 is 2.00 bits per heavy atom. The summed E-state index contributed by atoms with van der Waals surface area (Å²) >= 11 is 6.61. The van der Waals surface area contributed by atoms with Crippen LogP contribution in [-0.4, -0.2) is 56.6 Å². The number of aryl methyl sites for hydroxylation is 1. The van der Waals surface area contributed by atoms with Gasteiger partial charge in [-0.2, -0.15) is 14.6 Å². The maximum absolute atomic E-state index is 12.5. The van der Waals surface area contributed by atoms with Crippen molar-refractivity contribution in [2.24, 2.45) is 0 Å². The lowest BCUT2D eigenvalue weighted by atomic mass is 10.2. The van der Waals surface area contributed by atoms with E-state index in [9.17, 15) is 4.79 Å². The lowest BCUT2D eigenvalue weighted by molar-refractivity contribution is 0.0714. The number of piperazine rings is 1. The van der Waals surface area contributed by atoms with Gasteiger partial charge in [-0.25, -0.2) is 4.98 Å². The zero-order valence-corrected chi connectivity index (χ0v) is 17.6. The van der Waals surface area contributed by atoms with E-state index >= 15 is 0 Å². The first-order valence-corrected chi connectivity index (χ1v) is 10.3. The Balaban J connectivity index is 1.29. The Morgan fingerprint density at radius 3 is 2.74 bits per heavy atom. The number of halogens is 1. The molecule has 0 saturated carbocycles. The van der Waals surface area contributed by atoms with Crippen molar-refractivity contribution in [3.63, 3.8) is 0 Å². The highest BCUT2D eigenvalue weighted by atomic mass is 35.5. The third-order valence-corrected chi connectivity index (χ3v) is 5.54. The number of anilines is 3. The predicted octanol–water partition coefficient (Wildman–Crippen LogP) is 3.39. The molecule has 3 aromatic heterocycles. The fraction of sp³-hybridized carbons (Fsp3) is 0.238. The number of carbonyl (C=O) groups is 1. The molecule has 0 atom stereocenters. The number of hydrogen-bond donors (Lipinski definition) is 1. The summed E-state index contributed by atoms with van der Waals surface area (Å²) < 4.78 is 6.87. The van der Waals surface area contributed by atoms with Crippen molar-refractivity contribution >= 4 is 40.5 Å². The summed E-state index contributed by atoms with van der Waals surface area (Å²) in [6.45, 7) is 4.52. The zero-order chi connectivity index (χ0) is 21.4. The molecule has 9 nitrogen and oxygen atoms in total. The zero-order valence-electron chi connectivity index (χ0n) is 16.8. The minimum absolute atomic E-state index is 0.0811. The quantitative estimate of drug-likeness (QED) is 0.523. The Labute approximate surface area is 183 Å². The maximum atomic E-state index is 12.5. The second kappa shape index (κ2) is 7.92. The largest absolute Gasteiger partial charge is 0.459 e. The van der Waals surface area contributed by atoms with Crippen LogP contribution < -0.4 is 10.2 Å². The van der Waals surface area contributed by atoms with Crippen LogP contribution in [0.15, 0.2) is 53.4 Å². The van der Waals surface area contributed by atoms with Gasteiger partial charge in [-0.05, 0) is 37.3 Å². The fourth-order valence-electron chi connectivity index (χ4n) is 3.72. The Hall–Kier alpha value is -3.59. The molecule has 1 aliphatic rings. The normalized spacial score (nSPS) is 14.3. The van der Waals surface area contributed by atoms with Crippen LogP contribution in [0.2, 0.25) is 5.02 Å². The Kier molecular flexibility index (Phi) is 4.95. The van der Waals surface area contributed by atoms with Gasteiger partial charge in [0.15, 0.2) is 5.76 Å². The summed E-state index contributed by atoms with van der Waals surface area (Å²) in [5.74, 6) is 1.58. The van der Waals surface area contributed by atoms with E-state index in [0.717, 1.165) is 22.9 Å². The van der Waals surface area contributed by atoms with Crippen molar-refractivity contribution < 1.29 is 9.21 Å². The summed E-state index contributed by atoms with van der Waals surface area (Å²) in [7, 11) is 0. The van der Waals surface area contributed by atoms with E-state index in [1.165, 1.54) is 12.6 Å². The molecule has 1 amide bonds. The second-order valence-electron chi connectivity index (χ2n) is 7.30. The van der Waals surface area contributed by atoms with Crippen LogP contribution in [0.3, 0.4) is 0 Å². The minimum atomic E-state index is -0.0811. The van der Waals surface area contributed by atoms with E-state index in [2.05, 4.69) is 25.3 Å². The molecule has 0 radical (unpaired) electrons. The number of nitrogens with zero attached hydrogens (tertiary/aromatic N) is 6. The van der Waals surface area contributed by atoms with Gasteiger partial charge < -0.3 is 19.5 Å². The van der Waals surface area contributed by atoms with Crippen LogP contribution in [0.25, 0.3) is 5.78 Å². The molecule has 1 N–H and O–H groups in total. The lowest BCUT2D eigenvalue weighted by Crippen LogP contribution is -2.48. The van der Waals surface area contributed by atoms with Crippen molar-refractivity contribution in [3.05, 3.63) is 65.5 Å². The highest BCUT2D eigenvalue weighted by Crippen LogP contribution is 2.31. The first kappa shape index (κ1) is 19.4. The molecule has 1 fully saturated rings. The summed E-state index contributed by atoms with van der Waals surface area (Å²) in [6, 6.07) is 11.2. The third-order valence-electron chi connectivity index (χ3n) is 5.24. The highest BCUT2D eigenvalue weighted by Gasteiger charge is 2.24. The van der Waals surface area contributed by atoms with Gasteiger partial charge in [0.25, 0.3) is 11.7 Å². The van der Waals surface area contributed by atoms with Crippen LogP contribution in [0.1, 0.15) is 16.2 Å². The number of furan rings is 1. The van der Waals surface area contributed by atoms with E-state index in [0.29, 0.717) is 42.7 Å². The number of aromatic nitrogens is 4. The summed E-state index contributed by atoms with van der Waals surface area (Å²) in [5, 5.41) is 8.18. The molecule has 4 aromatic rings. The lowest BCUT2D eigenvalue weighted by Gasteiger charge is -2.36. The molecule has 5 rings (SSSR count). The van der Waals surface area contributed by atoms with Crippen molar-refractivity contribution in [1.82, 2.24) is 24.5 Å². The number of carbonyl (C=O) groups excluding carboxylic acids is 1. The molecule has 158 valence electrons. The molecule has 0 bridgehead atoms. The molecular formula is C21H20ClN7O2. The summed E-state index contributed by atoms with van der Waals surface area (Å²) in [4.78, 5) is 24.9. The third kappa shape index (κ3) is 3.79. The SMILES string of the molecule is Cc1cc(Nc2ccc(N3CCN(C(=O)c4ccco4)CC3)c(Cl)c2)n2ncnc2n1. The average molecular weight is 438 g/mol. The molecule has 0 unspecified atom stereocenters. The summed E-state index contributed by atoms with van der Waals surface area (Å²) in [5.41, 5.74) is 2.62. The molecule has 0 aliphatic carbocycles. The van der Waals surface area contributed by atoms with E-state index in [4.69, 9.17) is 16.0 Å². The minimum Gasteiger partial charge on any atom is -0.459 e. The van der Waals surface area contributed by atoms with Crippen LogP contribution in [0.5, 0.6) is 0 Å². The van der Waals surface area contributed by atoms with Gasteiger partial charge in [0.2, 0.25) is 0 Å². The number of hydrogen-bond acceptors (Lipinski definition) is 7. The topological polar surface area (TPSA) is 91.8 Å². The standard InChI is InChI=1S/C21H20ClN7O2/c1-14-11-19(29-21(25-14)23-13-24-29)26-15-4-5-17(16(22)12-15)27-6-8-28(9-7-27)20(30)18-3-2-10-31-18/h2-5,10-13,26H,6-9H2,1H3. The molecule has 1 saturated heterocycles. The monoisotopic (exact) mass is 437 g/mol. The van der Waals surface area contributed by atoms with Crippen LogP contribution >= 0.6 is 11.6 Å². The van der Waals surface area contributed by atoms with E-state index in [1.807, 2.05) is 31.2 Å². The van der Waals surface area contributed by atoms with Gasteiger partial charge in [-0.1, -0.05) is 11.6 Å². The summed E-state index contributed by atoms with van der Waals surface area (Å²) in [6.07, 6.45) is 2.99. The maximum Gasteiger partial charge on any atom is 0.289 e. The van der Waals surface area contributed by atoms with E-state index < -0.39 is 0 Å². The molecule has 10 heteroatoms. The molecule has 31 heavy (non-hydrogen) atoms. The van der Waals surface area contributed by atoms with Crippen molar-refractivity contribution in [2.45, 2.75) is 6.92 Å². The van der Waals surface area contributed by atoms with Gasteiger partial charge in [0, 0.05) is 43.6 Å². The van der Waals surface area contributed by atoms with Gasteiger partial charge >= 0.3 is 0 Å². The van der Waals surface area contributed by atoms with Crippen molar-refractivity contribution in [3.8, 4) is 0 Å². The van der Waals surface area contributed by atoms with Gasteiger partial charge in [-0.3, -0.25) is 4.79 Å². The average Bonchev–Trinajstić information content (AvgIpc) is 3.46. The molecule has 4 heterocycles. The van der Waals surface area contributed by atoms with Crippen molar-refractivity contribution in [2.75, 3.05) is 36.4 Å². The van der Waals surface area contributed by atoms with Gasteiger partial charge in [0.1, 0.15) is 12.1 Å². The molecule has 0 spiro atoms. The number of amides is 1. The highest BCUT2D eigenvalue weighted by molar-refractivity contribution is 6.33. The van der Waals surface area contributed by atoms with E-state index in [1.54, 1.807) is 21.5 Å². The molecule has 1 aliphatic heterocycles. The number of fused-ring (bicyclic) bond motifs is 1. The van der Waals surface area contributed by atoms with Gasteiger partial charge in [-0.15, -0.1) is 0 Å². The molecular weight excluding hydrogens is 418 g/mol. The Morgan fingerprint density at radius 1 is 1.16 bits per heavy atom. The van der Waals surface area contributed by atoms with Crippen LogP contribution in [0, 0.1) is 6.92 Å². The van der Waals surface area contributed by atoms with Crippen molar-refractivity contribution in [1.29, 1.82) is 0 Å². The Bertz CT molecular complexity index is 1230. The van der Waals surface area contributed by atoms with Gasteiger partial charge in [0.05, 0.1) is 17.0 Å². The predicted molar refractivity (Wildman–Crippen MR) is 117 cm³/mol. The first-order chi connectivity index (χ1) is 15.1.